The van der Waals surface area contributed by atoms with Crippen LogP contribution in [0.5, 0.6) is 11.5 Å². The van der Waals surface area contributed by atoms with Gasteiger partial charge in [0.2, 0.25) is 0 Å². The summed E-state index contributed by atoms with van der Waals surface area (Å²) in [6, 6.07) is 6.56. The Morgan fingerprint density at radius 2 is 2.06 bits per heavy atom. The molecule has 1 unspecified atom stereocenters. The maximum absolute atomic E-state index is 12.4. The number of aliphatic hydroxyl groups is 1. The van der Waals surface area contributed by atoms with E-state index in [-0.39, 0.29) is 28.6 Å². The van der Waals surface area contributed by atoms with Gasteiger partial charge < -0.3 is 19.7 Å². The minimum atomic E-state index is -1.01. The molecule has 1 aromatic heterocycles. The van der Waals surface area contributed by atoms with Crippen LogP contribution < -0.4 is 4.74 Å². The Morgan fingerprint density at radius 3 is 2.78 bits per heavy atom. The SMILES string of the molecule is CO[C@]12CC[C@@]3(C[C@@H]1C(C)(O)c1sccc1C)[C@H]1Cc4ccc(O)c5c4[C@@]3(CCN1CC1CC1)[C@H]2O5. The molecular formula is C30H37NO4S. The number of benzene rings is 1. The third-order valence-electron chi connectivity index (χ3n) is 11.7. The molecule has 5 aliphatic carbocycles. The highest BCUT2D eigenvalue weighted by Crippen LogP contribution is 2.78. The predicted molar refractivity (Wildman–Crippen MR) is 139 cm³/mol. The molecule has 1 aromatic carbocycles. The maximum Gasteiger partial charge on any atom is 0.165 e. The second-order valence-corrected chi connectivity index (χ2v) is 13.9. The van der Waals surface area contributed by atoms with Crippen molar-refractivity contribution in [2.45, 2.75) is 87.6 Å². The number of thiophene rings is 1. The highest BCUT2D eigenvalue weighted by atomic mass is 32.1. The quantitative estimate of drug-likeness (QED) is 0.603. The molecule has 9 rings (SSSR count). The van der Waals surface area contributed by atoms with Crippen LogP contribution in [0.3, 0.4) is 0 Å². The van der Waals surface area contributed by atoms with E-state index in [0.717, 1.165) is 55.0 Å². The van der Waals surface area contributed by atoms with E-state index >= 15 is 0 Å². The van der Waals surface area contributed by atoms with Gasteiger partial charge in [-0.1, -0.05) is 6.07 Å². The number of piperidine rings is 1. The molecule has 2 aliphatic heterocycles. The molecule has 6 heteroatoms. The number of rotatable bonds is 5. The van der Waals surface area contributed by atoms with Crippen molar-refractivity contribution in [3.63, 3.8) is 0 Å². The smallest absolute Gasteiger partial charge is 0.165 e. The molecule has 3 heterocycles. The summed E-state index contributed by atoms with van der Waals surface area (Å²) < 4.78 is 13.5. The fraction of sp³-hybridized carbons (Fsp3) is 0.667. The van der Waals surface area contributed by atoms with Crippen LogP contribution in [0.25, 0.3) is 0 Å². The molecule has 0 amide bonds. The van der Waals surface area contributed by atoms with Crippen LogP contribution in [0.4, 0.5) is 0 Å². The van der Waals surface area contributed by atoms with Crippen molar-refractivity contribution >= 4 is 11.3 Å². The molecule has 36 heavy (non-hydrogen) atoms. The lowest BCUT2D eigenvalue weighted by atomic mass is 9.33. The van der Waals surface area contributed by atoms with Crippen molar-refractivity contribution in [3.8, 4) is 11.5 Å². The molecule has 4 bridgehead atoms. The number of ether oxygens (including phenoxy) is 2. The molecule has 1 saturated heterocycles. The molecule has 0 radical (unpaired) electrons. The molecule has 7 atom stereocenters. The van der Waals surface area contributed by atoms with Gasteiger partial charge in [-0.25, -0.2) is 0 Å². The van der Waals surface area contributed by atoms with Crippen LogP contribution in [-0.4, -0.2) is 53.1 Å². The third kappa shape index (κ3) is 2.36. The largest absolute Gasteiger partial charge is 0.504 e. The second kappa shape index (κ2) is 6.88. The Hall–Kier alpha value is -1.60. The van der Waals surface area contributed by atoms with E-state index in [1.807, 2.05) is 20.1 Å². The number of phenols is 1. The van der Waals surface area contributed by atoms with Crippen molar-refractivity contribution < 1.29 is 19.7 Å². The number of hydrogen-bond donors (Lipinski definition) is 2. The summed E-state index contributed by atoms with van der Waals surface area (Å²) in [6.45, 7) is 6.42. The van der Waals surface area contributed by atoms with E-state index in [1.165, 1.54) is 30.5 Å². The maximum atomic E-state index is 12.4. The summed E-state index contributed by atoms with van der Waals surface area (Å²) in [5.74, 6) is 1.72. The summed E-state index contributed by atoms with van der Waals surface area (Å²) in [5.41, 5.74) is 2.02. The first-order chi connectivity index (χ1) is 17.3. The molecular weight excluding hydrogens is 470 g/mol. The Morgan fingerprint density at radius 1 is 1.22 bits per heavy atom. The zero-order valence-corrected chi connectivity index (χ0v) is 22.4. The fourth-order valence-corrected chi connectivity index (χ4v) is 11.2. The first kappa shape index (κ1) is 22.4. The van der Waals surface area contributed by atoms with Gasteiger partial charge in [-0.15, -0.1) is 11.3 Å². The van der Waals surface area contributed by atoms with Gasteiger partial charge in [0.1, 0.15) is 17.3 Å². The summed E-state index contributed by atoms with van der Waals surface area (Å²) in [6.07, 6.45) is 7.51. The first-order valence-electron chi connectivity index (χ1n) is 13.9. The number of hydrogen-bond acceptors (Lipinski definition) is 6. The zero-order valence-electron chi connectivity index (χ0n) is 21.5. The van der Waals surface area contributed by atoms with Crippen LogP contribution in [0.1, 0.15) is 67.0 Å². The lowest BCUT2D eigenvalue weighted by molar-refractivity contribution is -0.304. The third-order valence-corrected chi connectivity index (χ3v) is 12.9. The van der Waals surface area contributed by atoms with Gasteiger partial charge >= 0.3 is 0 Å². The van der Waals surface area contributed by atoms with Crippen molar-refractivity contribution in [2.24, 2.45) is 17.3 Å². The van der Waals surface area contributed by atoms with E-state index in [9.17, 15) is 10.2 Å². The summed E-state index contributed by atoms with van der Waals surface area (Å²) in [4.78, 5) is 3.87. The van der Waals surface area contributed by atoms with E-state index in [0.29, 0.717) is 11.8 Å². The molecule has 5 fully saturated rings. The van der Waals surface area contributed by atoms with Crippen LogP contribution in [0.2, 0.25) is 0 Å². The standard InChI is InChI=1S/C30H37NO4S/c1-17-8-13-36-25(17)27(2,33)21-15-28-9-10-30(21,34-3)26-29(28)11-12-31(16-18-4-5-18)22(28)14-19-6-7-20(32)24(35-26)23(19)29/h6-8,13,18,21-22,26,32-33H,4-5,9-12,14-16H2,1-3H3/t21-,22-,26-,27?,28-,29+,30-/m1/s1. The monoisotopic (exact) mass is 507 g/mol. The van der Waals surface area contributed by atoms with Gasteiger partial charge in [-0.05, 0) is 99.9 Å². The van der Waals surface area contributed by atoms with Gasteiger partial charge in [-0.3, -0.25) is 4.90 Å². The minimum absolute atomic E-state index is 0.0109. The molecule has 2 spiro atoms. The number of phenolic OH excluding ortho intramolecular Hbond substituents is 1. The van der Waals surface area contributed by atoms with E-state index in [1.54, 1.807) is 11.3 Å². The highest BCUT2D eigenvalue weighted by Gasteiger charge is 2.82. The molecule has 2 N–H and O–H groups in total. The predicted octanol–water partition coefficient (Wildman–Crippen LogP) is 4.89. The summed E-state index contributed by atoms with van der Waals surface area (Å²) >= 11 is 1.66. The van der Waals surface area contributed by atoms with Crippen LogP contribution >= 0.6 is 11.3 Å². The molecule has 2 aromatic rings. The Kier molecular flexibility index (Phi) is 4.28. The van der Waals surface area contributed by atoms with Gasteiger partial charge in [0, 0.05) is 46.9 Å². The van der Waals surface area contributed by atoms with Crippen LogP contribution in [-0.2, 0) is 22.2 Å². The van der Waals surface area contributed by atoms with Crippen molar-refractivity contribution in [1.82, 2.24) is 4.90 Å². The molecule has 192 valence electrons. The second-order valence-electron chi connectivity index (χ2n) is 13.0. The van der Waals surface area contributed by atoms with Gasteiger partial charge in [-0.2, -0.15) is 0 Å². The summed E-state index contributed by atoms with van der Waals surface area (Å²) in [7, 11) is 1.83. The summed E-state index contributed by atoms with van der Waals surface area (Å²) in [5, 5.41) is 25.5. The van der Waals surface area contributed by atoms with Gasteiger partial charge in [0.15, 0.2) is 11.5 Å². The van der Waals surface area contributed by atoms with Crippen molar-refractivity contribution in [3.05, 3.63) is 45.1 Å². The van der Waals surface area contributed by atoms with Gasteiger partial charge in [0.25, 0.3) is 0 Å². The zero-order chi connectivity index (χ0) is 24.7. The molecule has 4 saturated carbocycles. The van der Waals surface area contributed by atoms with E-state index in [2.05, 4.69) is 29.3 Å². The fourth-order valence-electron chi connectivity index (χ4n) is 10.1. The Bertz CT molecular complexity index is 1270. The lowest BCUT2D eigenvalue weighted by Gasteiger charge is -2.75. The van der Waals surface area contributed by atoms with Crippen molar-refractivity contribution in [2.75, 3.05) is 20.2 Å². The number of likely N-dealkylation sites (tertiary alicyclic amines) is 1. The molecule has 5 nitrogen and oxygen atoms in total. The Balaban J connectivity index is 1.36. The number of fused-ring (bicyclic) bond motifs is 2. The topological polar surface area (TPSA) is 62.2 Å². The first-order valence-corrected chi connectivity index (χ1v) is 14.7. The average molecular weight is 508 g/mol. The normalized spacial score (nSPS) is 41.6. The van der Waals surface area contributed by atoms with E-state index in [4.69, 9.17) is 9.47 Å². The lowest BCUT2D eigenvalue weighted by Crippen LogP contribution is -2.82. The molecule has 7 aliphatic rings. The highest BCUT2D eigenvalue weighted by molar-refractivity contribution is 7.10. The number of nitrogens with zero attached hydrogens (tertiary/aromatic N) is 1. The van der Waals surface area contributed by atoms with Crippen LogP contribution in [0, 0.1) is 24.2 Å². The number of aromatic hydroxyl groups is 1. The van der Waals surface area contributed by atoms with Crippen molar-refractivity contribution in [1.29, 1.82) is 0 Å². The van der Waals surface area contributed by atoms with Gasteiger partial charge in [0.05, 0.1) is 0 Å². The number of methoxy groups -OCH3 is 1. The number of aryl methyl sites for hydroxylation is 1. The minimum Gasteiger partial charge on any atom is -0.504 e. The Labute approximate surface area is 217 Å². The van der Waals surface area contributed by atoms with E-state index < -0.39 is 11.2 Å². The average Bonchev–Trinajstić information content (AvgIpc) is 3.44. The van der Waals surface area contributed by atoms with Crippen LogP contribution in [0.15, 0.2) is 23.6 Å².